The molecule has 1 aromatic carbocycles. The van der Waals surface area contributed by atoms with E-state index in [4.69, 9.17) is 4.74 Å². The third kappa shape index (κ3) is 2.64. The molecule has 3 rings (SSSR count). The summed E-state index contributed by atoms with van der Waals surface area (Å²) < 4.78 is 7.29. The number of benzene rings is 1. The van der Waals surface area contributed by atoms with Crippen molar-refractivity contribution in [1.82, 2.24) is 14.5 Å². The molecule has 0 saturated carbocycles. The molecule has 1 aliphatic rings. The Morgan fingerprint density at radius 3 is 2.82 bits per heavy atom. The second-order valence-corrected chi connectivity index (χ2v) is 5.79. The molecule has 1 aromatic heterocycles. The molecular weight excluding hydrogens is 278 g/mol. The zero-order valence-electron chi connectivity index (χ0n) is 13.3. The average molecular weight is 299 g/mol. The fraction of sp³-hybridized carbons (Fsp3) is 0.412. The predicted octanol–water partition coefficient (Wildman–Crippen LogP) is 2.30. The highest BCUT2D eigenvalue weighted by molar-refractivity contribution is 5.94. The van der Waals surface area contributed by atoms with Crippen molar-refractivity contribution in [3.05, 3.63) is 52.6 Å². The normalized spacial score (nSPS) is 14.0. The lowest BCUT2D eigenvalue weighted by Crippen LogP contribution is -2.38. The van der Waals surface area contributed by atoms with E-state index in [9.17, 15) is 4.79 Å². The summed E-state index contributed by atoms with van der Waals surface area (Å²) in [6.45, 7) is 6.65. The maximum atomic E-state index is 12.7. The van der Waals surface area contributed by atoms with Gasteiger partial charge in [0.25, 0.3) is 5.91 Å². The van der Waals surface area contributed by atoms with E-state index in [-0.39, 0.29) is 5.91 Å². The van der Waals surface area contributed by atoms with Gasteiger partial charge in [0.2, 0.25) is 0 Å². The second-order valence-electron chi connectivity index (χ2n) is 5.79. The van der Waals surface area contributed by atoms with Gasteiger partial charge in [-0.3, -0.25) is 4.79 Å². The number of aromatic nitrogens is 2. The Bertz CT molecular complexity index is 706. The Morgan fingerprint density at radius 1 is 1.27 bits per heavy atom. The fourth-order valence-electron chi connectivity index (χ4n) is 2.80. The average Bonchev–Trinajstić information content (AvgIpc) is 2.92. The van der Waals surface area contributed by atoms with Gasteiger partial charge in [-0.1, -0.05) is 6.07 Å². The molecule has 0 unspecified atom stereocenters. The first-order chi connectivity index (χ1) is 10.6. The molecule has 1 amide bonds. The van der Waals surface area contributed by atoms with Crippen LogP contribution in [0.25, 0.3) is 0 Å². The van der Waals surface area contributed by atoms with Crippen molar-refractivity contribution >= 4 is 5.91 Å². The number of carbonyl (C=O) groups excluding carboxylic acids is 1. The van der Waals surface area contributed by atoms with Gasteiger partial charge in [-0.2, -0.15) is 0 Å². The van der Waals surface area contributed by atoms with Gasteiger partial charge in [0.15, 0.2) is 0 Å². The van der Waals surface area contributed by atoms with Gasteiger partial charge in [0, 0.05) is 25.8 Å². The number of nitrogens with zero attached hydrogens (tertiary/aromatic N) is 3. The third-order valence-corrected chi connectivity index (χ3v) is 4.31. The van der Waals surface area contributed by atoms with Gasteiger partial charge in [-0.15, -0.1) is 0 Å². The van der Waals surface area contributed by atoms with E-state index in [1.807, 2.05) is 36.4 Å². The molecule has 1 aliphatic heterocycles. The van der Waals surface area contributed by atoms with Crippen LogP contribution in [0.4, 0.5) is 0 Å². The minimum atomic E-state index is 0.0823. The highest BCUT2D eigenvalue weighted by Crippen LogP contribution is 2.20. The van der Waals surface area contributed by atoms with E-state index in [1.54, 1.807) is 7.11 Å². The number of carbonyl (C=O) groups is 1. The second kappa shape index (κ2) is 5.93. The monoisotopic (exact) mass is 299 g/mol. The topological polar surface area (TPSA) is 47.4 Å². The molecule has 116 valence electrons. The van der Waals surface area contributed by atoms with Crippen LogP contribution in [0.5, 0.6) is 0 Å². The Kier molecular flexibility index (Phi) is 3.98. The number of aryl methyl sites for hydroxylation is 2. The van der Waals surface area contributed by atoms with E-state index in [0.29, 0.717) is 19.7 Å². The van der Waals surface area contributed by atoms with Gasteiger partial charge in [0.1, 0.15) is 0 Å². The number of rotatable bonds is 3. The summed E-state index contributed by atoms with van der Waals surface area (Å²) in [6.07, 6.45) is 1.83. The maximum Gasteiger partial charge on any atom is 0.254 e. The Hall–Kier alpha value is -2.14. The lowest BCUT2D eigenvalue weighted by atomic mass is 10.1. The summed E-state index contributed by atoms with van der Waals surface area (Å²) in [6, 6.07) is 5.89. The SMILES string of the molecule is COCc1ncn2c1CN(C(=O)c1ccc(C)c(C)c1)CC2. The molecule has 0 atom stereocenters. The Morgan fingerprint density at radius 2 is 2.09 bits per heavy atom. The molecule has 2 aromatic rings. The van der Waals surface area contributed by atoms with Crippen molar-refractivity contribution < 1.29 is 9.53 Å². The largest absolute Gasteiger partial charge is 0.378 e. The molecule has 2 heterocycles. The van der Waals surface area contributed by atoms with E-state index < -0.39 is 0 Å². The van der Waals surface area contributed by atoms with Crippen LogP contribution in [0.2, 0.25) is 0 Å². The lowest BCUT2D eigenvalue weighted by Gasteiger charge is -2.29. The summed E-state index contributed by atoms with van der Waals surface area (Å²) in [5, 5.41) is 0. The van der Waals surface area contributed by atoms with E-state index in [0.717, 1.165) is 29.1 Å². The quantitative estimate of drug-likeness (QED) is 0.873. The molecule has 0 radical (unpaired) electrons. The highest BCUT2D eigenvalue weighted by atomic mass is 16.5. The number of methoxy groups -OCH3 is 1. The van der Waals surface area contributed by atoms with Crippen LogP contribution in [0.3, 0.4) is 0 Å². The summed E-state index contributed by atoms with van der Waals surface area (Å²) in [5.74, 6) is 0.0823. The van der Waals surface area contributed by atoms with Crippen LogP contribution in [0, 0.1) is 13.8 Å². The van der Waals surface area contributed by atoms with Crippen molar-refractivity contribution in [2.24, 2.45) is 0 Å². The van der Waals surface area contributed by atoms with Crippen molar-refractivity contribution in [2.75, 3.05) is 13.7 Å². The number of hydrogen-bond acceptors (Lipinski definition) is 3. The number of imidazole rings is 1. The van der Waals surface area contributed by atoms with Crippen molar-refractivity contribution in [3.8, 4) is 0 Å². The van der Waals surface area contributed by atoms with Crippen LogP contribution in [-0.4, -0.2) is 34.0 Å². The molecular formula is C17H21N3O2. The zero-order valence-corrected chi connectivity index (χ0v) is 13.3. The molecule has 0 spiro atoms. The van der Waals surface area contributed by atoms with Gasteiger partial charge in [-0.25, -0.2) is 4.98 Å². The summed E-state index contributed by atoms with van der Waals surface area (Å²) in [5.41, 5.74) is 5.10. The smallest absolute Gasteiger partial charge is 0.254 e. The van der Waals surface area contributed by atoms with E-state index >= 15 is 0 Å². The molecule has 5 heteroatoms. The van der Waals surface area contributed by atoms with Gasteiger partial charge in [-0.05, 0) is 37.1 Å². The number of fused-ring (bicyclic) bond motifs is 1. The van der Waals surface area contributed by atoms with Gasteiger partial charge in [0.05, 0.1) is 30.9 Å². The Labute approximate surface area is 130 Å². The maximum absolute atomic E-state index is 12.7. The molecule has 0 fully saturated rings. The summed E-state index contributed by atoms with van der Waals surface area (Å²) >= 11 is 0. The molecule has 5 nitrogen and oxygen atoms in total. The van der Waals surface area contributed by atoms with Crippen LogP contribution in [0.15, 0.2) is 24.5 Å². The van der Waals surface area contributed by atoms with Crippen molar-refractivity contribution in [1.29, 1.82) is 0 Å². The standard InChI is InChI=1S/C17H21N3O2/c1-12-4-5-14(8-13(12)2)17(21)19-6-7-20-11-18-15(10-22-3)16(20)9-19/h4-5,8,11H,6-7,9-10H2,1-3H3. The third-order valence-electron chi connectivity index (χ3n) is 4.31. The molecule has 22 heavy (non-hydrogen) atoms. The fourth-order valence-corrected chi connectivity index (χ4v) is 2.80. The number of amides is 1. The molecule has 0 N–H and O–H groups in total. The molecule has 0 bridgehead atoms. The van der Waals surface area contributed by atoms with Crippen LogP contribution < -0.4 is 0 Å². The predicted molar refractivity (Wildman–Crippen MR) is 83.6 cm³/mol. The first-order valence-corrected chi connectivity index (χ1v) is 7.48. The molecule has 0 saturated heterocycles. The Balaban J connectivity index is 1.82. The summed E-state index contributed by atoms with van der Waals surface area (Å²) in [7, 11) is 1.66. The number of ether oxygens (including phenoxy) is 1. The lowest BCUT2D eigenvalue weighted by molar-refractivity contribution is 0.0708. The summed E-state index contributed by atoms with van der Waals surface area (Å²) in [4.78, 5) is 19.0. The van der Waals surface area contributed by atoms with Crippen LogP contribution in [0.1, 0.15) is 32.9 Å². The highest BCUT2D eigenvalue weighted by Gasteiger charge is 2.24. The van der Waals surface area contributed by atoms with Crippen molar-refractivity contribution in [2.45, 2.75) is 33.5 Å². The van der Waals surface area contributed by atoms with E-state index in [2.05, 4.69) is 16.5 Å². The minimum absolute atomic E-state index is 0.0823. The minimum Gasteiger partial charge on any atom is -0.378 e. The van der Waals surface area contributed by atoms with Crippen LogP contribution >= 0.6 is 0 Å². The number of hydrogen-bond donors (Lipinski definition) is 0. The van der Waals surface area contributed by atoms with Crippen molar-refractivity contribution in [3.63, 3.8) is 0 Å². The van der Waals surface area contributed by atoms with E-state index in [1.165, 1.54) is 5.56 Å². The molecule has 0 aliphatic carbocycles. The van der Waals surface area contributed by atoms with Gasteiger partial charge >= 0.3 is 0 Å². The first-order valence-electron chi connectivity index (χ1n) is 7.48. The van der Waals surface area contributed by atoms with Gasteiger partial charge < -0.3 is 14.2 Å². The first kappa shape index (κ1) is 14.8. The van der Waals surface area contributed by atoms with Crippen LogP contribution in [-0.2, 0) is 24.4 Å². The zero-order chi connectivity index (χ0) is 15.7.